The zero-order valence-corrected chi connectivity index (χ0v) is 9.31. The third kappa shape index (κ3) is 4.02. The van der Waals surface area contributed by atoms with Gasteiger partial charge in [0.1, 0.15) is 6.71 Å². The molecule has 1 aliphatic rings. The fourth-order valence-electron chi connectivity index (χ4n) is 2.46. The van der Waals surface area contributed by atoms with Crippen LogP contribution < -0.4 is 0 Å². The van der Waals surface area contributed by atoms with Gasteiger partial charge in [0.2, 0.25) is 0 Å². The zero-order valence-electron chi connectivity index (χ0n) is 9.31. The second-order valence-corrected chi connectivity index (χ2v) is 4.40. The van der Waals surface area contributed by atoms with Crippen LogP contribution >= 0.6 is 0 Å². The molecule has 0 aliphatic heterocycles. The maximum atomic E-state index is 2.48. The predicted octanol–water partition coefficient (Wildman–Crippen LogP) is 4.41. The van der Waals surface area contributed by atoms with Crippen molar-refractivity contribution < 1.29 is 0 Å². The van der Waals surface area contributed by atoms with Crippen LogP contribution in [0.3, 0.4) is 0 Å². The first kappa shape index (κ1) is 10.9. The highest BCUT2D eigenvalue weighted by Crippen LogP contribution is 2.25. The summed E-state index contributed by atoms with van der Waals surface area (Å²) in [6.45, 7) is 5.61. The molecule has 1 aliphatic carbocycles. The molecule has 0 aromatic heterocycles. The summed E-state index contributed by atoms with van der Waals surface area (Å²) in [5.74, 6) is 0. The lowest BCUT2D eigenvalue weighted by Gasteiger charge is -2.11. The van der Waals surface area contributed by atoms with Gasteiger partial charge in [-0.1, -0.05) is 57.3 Å². The summed E-state index contributed by atoms with van der Waals surface area (Å²) in [5.41, 5.74) is 1.76. The van der Waals surface area contributed by atoms with E-state index in [9.17, 15) is 0 Å². The van der Waals surface area contributed by atoms with Crippen molar-refractivity contribution in [3.8, 4) is 0 Å². The van der Waals surface area contributed by atoms with Crippen molar-refractivity contribution in [2.24, 2.45) is 0 Å². The molecule has 0 unspecified atom stereocenters. The molecule has 0 fully saturated rings. The van der Waals surface area contributed by atoms with Gasteiger partial charge in [0.15, 0.2) is 0 Å². The van der Waals surface area contributed by atoms with Gasteiger partial charge in [0, 0.05) is 0 Å². The van der Waals surface area contributed by atoms with Gasteiger partial charge in [-0.25, -0.2) is 0 Å². The van der Waals surface area contributed by atoms with Crippen LogP contribution in [-0.4, -0.2) is 6.71 Å². The Bertz CT molecular complexity index is 155. The van der Waals surface area contributed by atoms with Crippen molar-refractivity contribution in [1.29, 1.82) is 0 Å². The Hall–Kier alpha value is -0.195. The maximum Gasteiger partial charge on any atom is 0.144 e. The van der Waals surface area contributed by atoms with Crippen LogP contribution in [0.15, 0.2) is 11.6 Å². The van der Waals surface area contributed by atoms with Crippen molar-refractivity contribution in [1.82, 2.24) is 0 Å². The van der Waals surface area contributed by atoms with Crippen LogP contribution in [0, 0.1) is 0 Å². The standard InChI is InChI=1S/C12H23B/c1-3-9-13(10-4-2)11-12-7-5-6-8-12/h7H,3-6,8-11H2,1-2H3. The molecule has 0 saturated heterocycles. The van der Waals surface area contributed by atoms with E-state index in [-0.39, 0.29) is 0 Å². The third-order valence-electron chi connectivity index (χ3n) is 3.08. The summed E-state index contributed by atoms with van der Waals surface area (Å²) in [5, 5.41) is 0. The van der Waals surface area contributed by atoms with Gasteiger partial charge in [-0.3, -0.25) is 0 Å². The van der Waals surface area contributed by atoms with Crippen LogP contribution in [-0.2, 0) is 0 Å². The van der Waals surface area contributed by atoms with Gasteiger partial charge >= 0.3 is 0 Å². The molecule has 0 atom stereocenters. The molecular formula is C12H23B. The van der Waals surface area contributed by atoms with E-state index < -0.39 is 0 Å². The lowest BCUT2D eigenvalue weighted by Crippen LogP contribution is -2.11. The minimum Gasteiger partial charge on any atom is -0.0860 e. The Kier molecular flexibility index (Phi) is 5.26. The van der Waals surface area contributed by atoms with Crippen LogP contribution in [0.2, 0.25) is 19.0 Å². The molecule has 0 spiro atoms. The van der Waals surface area contributed by atoms with Gasteiger partial charge in [0.05, 0.1) is 0 Å². The Morgan fingerprint density at radius 1 is 1.23 bits per heavy atom. The Labute approximate surface area is 83.9 Å². The number of rotatable bonds is 6. The minimum atomic E-state index is 0.986. The first-order valence-corrected chi connectivity index (χ1v) is 6.04. The lowest BCUT2D eigenvalue weighted by molar-refractivity contribution is 0.900. The monoisotopic (exact) mass is 178 g/mol. The van der Waals surface area contributed by atoms with E-state index in [0.29, 0.717) is 0 Å². The number of allylic oxidation sites excluding steroid dienone is 2. The highest BCUT2D eigenvalue weighted by Gasteiger charge is 2.15. The first-order valence-electron chi connectivity index (χ1n) is 6.04. The Morgan fingerprint density at radius 3 is 2.38 bits per heavy atom. The highest BCUT2D eigenvalue weighted by molar-refractivity contribution is 6.59. The van der Waals surface area contributed by atoms with Gasteiger partial charge in [-0.15, -0.1) is 0 Å². The molecule has 1 rings (SSSR count). The second kappa shape index (κ2) is 6.29. The van der Waals surface area contributed by atoms with E-state index in [0.717, 1.165) is 6.71 Å². The average molecular weight is 178 g/mol. The lowest BCUT2D eigenvalue weighted by atomic mass is 9.41. The molecule has 0 heterocycles. The van der Waals surface area contributed by atoms with Crippen LogP contribution in [0.5, 0.6) is 0 Å². The smallest absolute Gasteiger partial charge is 0.0860 e. The fraction of sp³-hybridized carbons (Fsp3) is 0.833. The minimum absolute atomic E-state index is 0.986. The maximum absolute atomic E-state index is 2.48. The van der Waals surface area contributed by atoms with Crippen molar-refractivity contribution in [2.45, 2.75) is 64.9 Å². The highest BCUT2D eigenvalue weighted by atomic mass is 14.1. The molecule has 0 radical (unpaired) electrons. The Balaban J connectivity index is 2.27. The quantitative estimate of drug-likeness (QED) is 0.417. The molecular weight excluding hydrogens is 155 g/mol. The Morgan fingerprint density at radius 2 is 1.92 bits per heavy atom. The normalized spacial score (nSPS) is 16.0. The van der Waals surface area contributed by atoms with Crippen molar-refractivity contribution >= 4 is 6.71 Å². The number of hydrogen-bond acceptors (Lipinski definition) is 0. The van der Waals surface area contributed by atoms with Crippen LogP contribution in [0.1, 0.15) is 46.0 Å². The van der Waals surface area contributed by atoms with E-state index in [1.165, 1.54) is 51.1 Å². The summed E-state index contributed by atoms with van der Waals surface area (Å²) in [6.07, 6.45) is 13.6. The third-order valence-corrected chi connectivity index (χ3v) is 3.08. The van der Waals surface area contributed by atoms with Crippen molar-refractivity contribution in [3.63, 3.8) is 0 Å². The molecule has 0 aromatic rings. The topological polar surface area (TPSA) is 0 Å². The summed E-state index contributed by atoms with van der Waals surface area (Å²) in [4.78, 5) is 0. The van der Waals surface area contributed by atoms with Gasteiger partial charge in [-0.05, 0) is 19.3 Å². The molecule has 0 N–H and O–H groups in total. The molecule has 0 amide bonds. The average Bonchev–Trinajstić information content (AvgIpc) is 2.58. The number of hydrogen-bond donors (Lipinski definition) is 0. The van der Waals surface area contributed by atoms with Crippen molar-refractivity contribution in [3.05, 3.63) is 11.6 Å². The molecule has 74 valence electrons. The van der Waals surface area contributed by atoms with E-state index in [1.54, 1.807) is 5.57 Å². The SMILES string of the molecule is CCCB(CCC)CC1=CCCC1. The first-order chi connectivity index (χ1) is 6.36. The molecule has 0 bridgehead atoms. The summed E-state index contributed by atoms with van der Waals surface area (Å²) < 4.78 is 0. The van der Waals surface area contributed by atoms with Gasteiger partial charge in [0.25, 0.3) is 0 Å². The van der Waals surface area contributed by atoms with Gasteiger partial charge in [-0.2, -0.15) is 0 Å². The van der Waals surface area contributed by atoms with E-state index in [4.69, 9.17) is 0 Å². The molecule has 0 nitrogen and oxygen atoms in total. The predicted molar refractivity (Wildman–Crippen MR) is 62.7 cm³/mol. The zero-order chi connectivity index (χ0) is 9.52. The second-order valence-electron chi connectivity index (χ2n) is 4.40. The van der Waals surface area contributed by atoms with E-state index in [2.05, 4.69) is 19.9 Å². The molecule has 13 heavy (non-hydrogen) atoms. The molecule has 0 saturated carbocycles. The summed E-state index contributed by atoms with van der Waals surface area (Å²) in [7, 11) is 0. The summed E-state index contributed by atoms with van der Waals surface area (Å²) >= 11 is 0. The van der Waals surface area contributed by atoms with Crippen LogP contribution in [0.25, 0.3) is 0 Å². The van der Waals surface area contributed by atoms with E-state index >= 15 is 0 Å². The largest absolute Gasteiger partial charge is 0.144 e. The van der Waals surface area contributed by atoms with E-state index in [1.807, 2.05) is 0 Å². The summed E-state index contributed by atoms with van der Waals surface area (Å²) in [6, 6.07) is 0. The van der Waals surface area contributed by atoms with Crippen molar-refractivity contribution in [2.75, 3.05) is 0 Å². The molecule has 1 heteroatoms. The van der Waals surface area contributed by atoms with Crippen LogP contribution in [0.4, 0.5) is 0 Å². The molecule has 0 aromatic carbocycles. The van der Waals surface area contributed by atoms with Gasteiger partial charge < -0.3 is 0 Å². The fourth-order valence-corrected chi connectivity index (χ4v) is 2.46.